The number of likely N-dealkylation sites (N-methyl/N-ethyl adjacent to an activating group) is 1. The number of rotatable bonds is 4. The van der Waals surface area contributed by atoms with E-state index in [4.69, 9.17) is 0 Å². The molecule has 2 unspecified atom stereocenters. The minimum atomic E-state index is -0.230. The number of anilines is 1. The van der Waals surface area contributed by atoms with Gasteiger partial charge in [0, 0.05) is 37.5 Å². The first-order valence-electron chi connectivity index (χ1n) is 9.77. The number of hydrogen-bond donors (Lipinski definition) is 0. The third-order valence-electron chi connectivity index (χ3n) is 5.57. The van der Waals surface area contributed by atoms with E-state index >= 15 is 0 Å². The summed E-state index contributed by atoms with van der Waals surface area (Å²) in [4.78, 5) is 31.9. The summed E-state index contributed by atoms with van der Waals surface area (Å²) in [6, 6.07) is 6.32. The maximum absolute atomic E-state index is 13.3. The average Bonchev–Trinajstić information content (AvgIpc) is 2.85. The van der Waals surface area contributed by atoms with E-state index in [1.54, 1.807) is 4.90 Å². The highest BCUT2D eigenvalue weighted by Crippen LogP contribution is 2.29. The van der Waals surface area contributed by atoms with Crippen LogP contribution in [0.4, 0.5) is 5.69 Å². The van der Waals surface area contributed by atoms with Crippen LogP contribution in [-0.2, 0) is 9.59 Å². The predicted octanol–water partition coefficient (Wildman–Crippen LogP) is 2.55. The number of aryl methyl sites for hydroxylation is 2. The van der Waals surface area contributed by atoms with E-state index in [1.165, 1.54) is 11.1 Å². The van der Waals surface area contributed by atoms with Crippen molar-refractivity contribution in [3.63, 3.8) is 0 Å². The van der Waals surface area contributed by atoms with E-state index in [0.29, 0.717) is 13.0 Å². The van der Waals surface area contributed by atoms with Crippen LogP contribution in [0, 0.1) is 19.8 Å². The lowest BCUT2D eigenvalue weighted by Gasteiger charge is -2.33. The fraction of sp³-hybridized carbons (Fsp3) is 0.619. The van der Waals surface area contributed by atoms with Crippen LogP contribution in [0.15, 0.2) is 18.2 Å². The van der Waals surface area contributed by atoms with Crippen molar-refractivity contribution < 1.29 is 9.59 Å². The predicted molar refractivity (Wildman–Crippen MR) is 112 cm³/mol. The Morgan fingerprint density at radius 1 is 1.26 bits per heavy atom. The van der Waals surface area contributed by atoms with Crippen molar-refractivity contribution in [1.29, 1.82) is 0 Å². The minimum absolute atomic E-state index is 0.0601. The van der Waals surface area contributed by atoms with Crippen LogP contribution in [-0.4, -0.2) is 72.9 Å². The largest absolute Gasteiger partial charge is 0.337 e. The molecule has 0 aliphatic carbocycles. The Morgan fingerprint density at radius 2 is 2.04 bits per heavy atom. The molecule has 2 saturated heterocycles. The third kappa shape index (κ3) is 4.66. The second kappa shape index (κ2) is 8.65. The second-order valence-electron chi connectivity index (χ2n) is 8.05. The van der Waals surface area contributed by atoms with Crippen molar-refractivity contribution in [3.05, 3.63) is 29.3 Å². The molecule has 6 heteroatoms. The van der Waals surface area contributed by atoms with E-state index in [9.17, 15) is 9.59 Å². The van der Waals surface area contributed by atoms with E-state index in [2.05, 4.69) is 43.8 Å². The summed E-state index contributed by atoms with van der Waals surface area (Å²) in [5.74, 6) is 2.07. The van der Waals surface area contributed by atoms with E-state index in [-0.39, 0.29) is 23.8 Å². The zero-order valence-corrected chi connectivity index (χ0v) is 17.7. The summed E-state index contributed by atoms with van der Waals surface area (Å²) >= 11 is 1.93. The van der Waals surface area contributed by atoms with E-state index < -0.39 is 0 Å². The second-order valence-corrected chi connectivity index (χ2v) is 9.20. The highest BCUT2D eigenvalue weighted by Gasteiger charge is 2.39. The summed E-state index contributed by atoms with van der Waals surface area (Å²) < 4.78 is 0. The zero-order chi connectivity index (χ0) is 19.6. The van der Waals surface area contributed by atoms with E-state index in [0.717, 1.165) is 36.7 Å². The molecule has 0 saturated carbocycles. The number of benzene rings is 1. The van der Waals surface area contributed by atoms with Gasteiger partial charge in [0.25, 0.3) is 0 Å². The van der Waals surface area contributed by atoms with Crippen LogP contribution in [0.5, 0.6) is 0 Å². The van der Waals surface area contributed by atoms with Crippen LogP contribution < -0.4 is 4.90 Å². The third-order valence-corrected chi connectivity index (χ3v) is 6.77. The van der Waals surface area contributed by atoms with Crippen molar-refractivity contribution >= 4 is 29.3 Å². The normalized spacial score (nSPS) is 23.8. The highest BCUT2D eigenvalue weighted by molar-refractivity contribution is 7.99. The van der Waals surface area contributed by atoms with Crippen LogP contribution in [0.3, 0.4) is 0 Å². The van der Waals surface area contributed by atoms with Crippen molar-refractivity contribution in [3.8, 4) is 0 Å². The maximum atomic E-state index is 13.3. The van der Waals surface area contributed by atoms with Crippen molar-refractivity contribution in [2.75, 3.05) is 50.1 Å². The van der Waals surface area contributed by atoms with Gasteiger partial charge in [-0.1, -0.05) is 6.07 Å². The SMILES string of the molecule is Cc1ccc(N2CC(C(=O)N3CCCSCC3CN(C)C)CC2=O)cc1C. The number of hydrogen-bond acceptors (Lipinski definition) is 4. The molecule has 1 aromatic carbocycles. The number of carbonyl (C=O) groups is 2. The summed E-state index contributed by atoms with van der Waals surface area (Å²) in [5, 5.41) is 0. The monoisotopic (exact) mass is 389 g/mol. The van der Waals surface area contributed by atoms with Gasteiger partial charge in [-0.2, -0.15) is 11.8 Å². The van der Waals surface area contributed by atoms with Gasteiger partial charge in [-0.25, -0.2) is 0 Å². The number of amides is 2. The molecule has 1 aromatic rings. The van der Waals surface area contributed by atoms with Gasteiger partial charge >= 0.3 is 0 Å². The first-order chi connectivity index (χ1) is 12.9. The standard InChI is InChI=1S/C21H31N3O2S/c1-15-6-7-18(10-16(15)2)24-12-17(11-20(24)25)21(26)23-8-5-9-27-14-19(23)13-22(3)4/h6-7,10,17,19H,5,8-9,11-14H2,1-4H3. The topological polar surface area (TPSA) is 43.9 Å². The fourth-order valence-corrected chi connectivity index (χ4v) is 5.00. The summed E-state index contributed by atoms with van der Waals surface area (Å²) in [7, 11) is 4.11. The summed E-state index contributed by atoms with van der Waals surface area (Å²) in [6.45, 7) is 6.31. The van der Waals surface area contributed by atoms with Crippen LogP contribution in [0.2, 0.25) is 0 Å². The number of nitrogens with zero attached hydrogens (tertiary/aromatic N) is 3. The molecule has 148 valence electrons. The van der Waals surface area contributed by atoms with Gasteiger partial charge in [0.15, 0.2) is 0 Å². The van der Waals surface area contributed by atoms with Crippen molar-refractivity contribution in [1.82, 2.24) is 9.80 Å². The van der Waals surface area contributed by atoms with Crippen molar-refractivity contribution in [2.24, 2.45) is 5.92 Å². The highest BCUT2D eigenvalue weighted by atomic mass is 32.2. The summed E-state index contributed by atoms with van der Waals surface area (Å²) in [5.41, 5.74) is 3.30. The molecule has 2 aliphatic rings. The zero-order valence-electron chi connectivity index (χ0n) is 16.9. The number of carbonyl (C=O) groups excluding carboxylic acids is 2. The molecule has 5 nitrogen and oxygen atoms in total. The van der Waals surface area contributed by atoms with Crippen LogP contribution in [0.1, 0.15) is 24.0 Å². The molecular weight excluding hydrogens is 358 g/mol. The van der Waals surface area contributed by atoms with Gasteiger partial charge in [-0.05, 0) is 63.4 Å². The molecule has 3 rings (SSSR count). The smallest absolute Gasteiger partial charge is 0.228 e. The molecule has 0 N–H and O–H groups in total. The first-order valence-corrected chi connectivity index (χ1v) is 10.9. The maximum Gasteiger partial charge on any atom is 0.228 e. The van der Waals surface area contributed by atoms with Gasteiger partial charge < -0.3 is 14.7 Å². The van der Waals surface area contributed by atoms with Gasteiger partial charge in [0.1, 0.15) is 0 Å². The Bertz CT molecular complexity index is 707. The molecule has 27 heavy (non-hydrogen) atoms. The molecule has 2 heterocycles. The molecule has 2 fully saturated rings. The minimum Gasteiger partial charge on any atom is -0.337 e. The molecule has 0 bridgehead atoms. The number of thioether (sulfide) groups is 1. The molecule has 0 radical (unpaired) electrons. The Hall–Kier alpha value is -1.53. The molecular formula is C21H31N3O2S. The molecule has 2 atom stereocenters. The lowest BCUT2D eigenvalue weighted by molar-refractivity contribution is -0.137. The molecule has 2 aliphatic heterocycles. The summed E-state index contributed by atoms with van der Waals surface area (Å²) in [6.07, 6.45) is 1.35. The molecule has 2 amide bonds. The Kier molecular flexibility index (Phi) is 6.48. The molecule has 0 aromatic heterocycles. The lowest BCUT2D eigenvalue weighted by atomic mass is 10.1. The first kappa shape index (κ1) is 20.2. The van der Waals surface area contributed by atoms with Crippen LogP contribution in [0.25, 0.3) is 0 Å². The van der Waals surface area contributed by atoms with E-state index in [1.807, 2.05) is 23.9 Å². The Morgan fingerprint density at radius 3 is 2.74 bits per heavy atom. The quantitative estimate of drug-likeness (QED) is 0.794. The fourth-order valence-electron chi connectivity index (χ4n) is 3.94. The van der Waals surface area contributed by atoms with Gasteiger partial charge in [-0.3, -0.25) is 9.59 Å². The van der Waals surface area contributed by atoms with Crippen molar-refractivity contribution in [2.45, 2.75) is 32.7 Å². The Balaban J connectivity index is 1.74. The lowest BCUT2D eigenvalue weighted by Crippen LogP contribution is -2.49. The van der Waals surface area contributed by atoms with Crippen LogP contribution >= 0.6 is 11.8 Å². The van der Waals surface area contributed by atoms with Gasteiger partial charge in [0.05, 0.1) is 12.0 Å². The Labute approximate surface area is 167 Å². The average molecular weight is 390 g/mol. The van der Waals surface area contributed by atoms with Gasteiger partial charge in [-0.15, -0.1) is 0 Å². The molecule has 0 spiro atoms. The van der Waals surface area contributed by atoms with Gasteiger partial charge in [0.2, 0.25) is 11.8 Å².